The van der Waals surface area contributed by atoms with E-state index >= 15 is 0 Å². The van der Waals surface area contributed by atoms with Crippen LogP contribution in [-0.2, 0) is 23.2 Å². The van der Waals surface area contributed by atoms with Crippen molar-refractivity contribution in [2.24, 2.45) is 11.3 Å². The summed E-state index contributed by atoms with van der Waals surface area (Å²) in [4.78, 5) is 0.213. The predicted molar refractivity (Wildman–Crippen MR) is 79.8 cm³/mol. The van der Waals surface area contributed by atoms with Gasteiger partial charge in [-0.05, 0) is 24.3 Å². The van der Waals surface area contributed by atoms with Crippen molar-refractivity contribution >= 4 is 10.0 Å². The first-order chi connectivity index (χ1) is 9.11. The first-order valence-electron chi connectivity index (χ1n) is 6.91. The molecule has 2 N–H and O–H groups in total. The van der Waals surface area contributed by atoms with E-state index in [4.69, 9.17) is 0 Å². The maximum Gasteiger partial charge on any atom is 0.242 e. The van der Waals surface area contributed by atoms with E-state index in [-0.39, 0.29) is 22.8 Å². The van der Waals surface area contributed by atoms with Crippen LogP contribution in [0.3, 0.4) is 0 Å². The number of aliphatic hydroxyl groups excluding tert-OH is 1. The van der Waals surface area contributed by atoms with Crippen LogP contribution in [0.15, 0.2) is 17.2 Å². The van der Waals surface area contributed by atoms with Crippen LogP contribution in [0.4, 0.5) is 0 Å². The average Bonchev–Trinajstić information content (AvgIpc) is 2.78. The number of hydrogen-bond acceptors (Lipinski definition) is 3. The van der Waals surface area contributed by atoms with Gasteiger partial charge in [-0.2, -0.15) is 0 Å². The molecule has 1 atom stereocenters. The van der Waals surface area contributed by atoms with Gasteiger partial charge in [0, 0.05) is 25.0 Å². The molecule has 1 rings (SSSR count). The lowest BCUT2D eigenvalue weighted by Crippen LogP contribution is -2.33. The van der Waals surface area contributed by atoms with Gasteiger partial charge in [0.05, 0.1) is 11.5 Å². The van der Waals surface area contributed by atoms with Gasteiger partial charge in [0.1, 0.15) is 0 Å². The lowest BCUT2D eigenvalue weighted by atomic mass is 9.82. The van der Waals surface area contributed by atoms with Gasteiger partial charge in [-0.1, -0.05) is 27.7 Å². The minimum Gasteiger partial charge on any atom is -0.390 e. The first-order valence-corrected chi connectivity index (χ1v) is 8.39. The second-order valence-corrected chi connectivity index (χ2v) is 8.00. The fourth-order valence-corrected chi connectivity index (χ4v) is 2.92. The molecular weight excluding hydrogens is 276 g/mol. The number of aryl methyl sites for hydroxylation is 1. The minimum absolute atomic E-state index is 0.0497. The number of nitrogens with zero attached hydrogens (tertiary/aromatic N) is 1. The van der Waals surface area contributed by atoms with Crippen molar-refractivity contribution in [1.82, 2.24) is 9.29 Å². The number of sulfonamides is 1. The quantitative estimate of drug-likeness (QED) is 0.844. The van der Waals surface area contributed by atoms with Crippen molar-refractivity contribution in [2.75, 3.05) is 6.54 Å². The van der Waals surface area contributed by atoms with E-state index in [1.54, 1.807) is 10.8 Å². The summed E-state index contributed by atoms with van der Waals surface area (Å²) < 4.78 is 28.9. The van der Waals surface area contributed by atoms with Crippen LogP contribution < -0.4 is 4.72 Å². The van der Waals surface area contributed by atoms with Crippen molar-refractivity contribution in [2.45, 2.75) is 52.7 Å². The maximum atomic E-state index is 12.3. The largest absolute Gasteiger partial charge is 0.390 e. The van der Waals surface area contributed by atoms with E-state index < -0.39 is 10.0 Å². The number of aliphatic hydroxyl groups is 1. The second kappa shape index (κ2) is 6.28. The van der Waals surface area contributed by atoms with Crippen LogP contribution in [0.1, 0.15) is 40.3 Å². The fourth-order valence-electron chi connectivity index (χ4n) is 1.72. The van der Waals surface area contributed by atoms with E-state index in [0.29, 0.717) is 18.8 Å². The van der Waals surface area contributed by atoms with Crippen molar-refractivity contribution in [1.29, 1.82) is 0 Å². The van der Waals surface area contributed by atoms with Crippen LogP contribution in [-0.4, -0.2) is 24.6 Å². The minimum atomic E-state index is -3.52. The molecule has 1 aromatic rings. The molecule has 116 valence electrons. The maximum absolute atomic E-state index is 12.3. The van der Waals surface area contributed by atoms with Gasteiger partial charge < -0.3 is 9.67 Å². The third-order valence-corrected chi connectivity index (χ3v) is 5.22. The molecule has 6 heteroatoms. The summed E-state index contributed by atoms with van der Waals surface area (Å²) in [5.41, 5.74) is 0.658. The zero-order valence-electron chi connectivity index (χ0n) is 13.0. The molecular formula is C14H26N2O3S. The highest BCUT2D eigenvalue weighted by Crippen LogP contribution is 2.25. The Morgan fingerprint density at radius 3 is 2.40 bits per heavy atom. The monoisotopic (exact) mass is 302 g/mol. The van der Waals surface area contributed by atoms with E-state index in [0.717, 1.165) is 0 Å². The zero-order chi connectivity index (χ0) is 15.6. The van der Waals surface area contributed by atoms with Crippen molar-refractivity contribution in [3.63, 3.8) is 0 Å². The Bertz CT molecular complexity index is 520. The molecule has 0 saturated carbocycles. The van der Waals surface area contributed by atoms with E-state index in [2.05, 4.69) is 25.5 Å². The molecule has 0 radical (unpaired) electrons. The first kappa shape index (κ1) is 17.2. The highest BCUT2D eigenvalue weighted by atomic mass is 32.2. The van der Waals surface area contributed by atoms with Crippen LogP contribution >= 0.6 is 0 Å². The Hall–Kier alpha value is -0.850. The molecule has 0 aliphatic heterocycles. The van der Waals surface area contributed by atoms with Gasteiger partial charge in [-0.15, -0.1) is 0 Å². The molecule has 0 aromatic carbocycles. The average molecular weight is 302 g/mol. The molecule has 1 heterocycles. The van der Waals surface area contributed by atoms with Gasteiger partial charge in [0.2, 0.25) is 10.0 Å². The number of rotatable bonds is 6. The van der Waals surface area contributed by atoms with E-state index in [1.165, 1.54) is 6.07 Å². The highest BCUT2D eigenvalue weighted by Gasteiger charge is 2.23. The number of hydrogen-bond donors (Lipinski definition) is 2. The van der Waals surface area contributed by atoms with Crippen molar-refractivity contribution in [3.8, 4) is 0 Å². The zero-order valence-corrected chi connectivity index (χ0v) is 13.8. The Balaban J connectivity index is 2.87. The Labute approximate surface area is 122 Å². The third-order valence-electron chi connectivity index (χ3n) is 3.83. The number of nitrogens with one attached hydrogen (secondary N) is 1. The van der Waals surface area contributed by atoms with Crippen molar-refractivity contribution < 1.29 is 13.5 Å². The Morgan fingerprint density at radius 2 is 2.00 bits per heavy atom. The highest BCUT2D eigenvalue weighted by molar-refractivity contribution is 7.89. The lowest BCUT2D eigenvalue weighted by Gasteiger charge is -2.27. The predicted octanol–water partition coefficient (Wildman–Crippen LogP) is 1.96. The van der Waals surface area contributed by atoms with Crippen LogP contribution in [0.5, 0.6) is 0 Å². The molecule has 0 aliphatic rings. The van der Waals surface area contributed by atoms with Gasteiger partial charge in [-0.3, -0.25) is 0 Å². The molecule has 0 spiro atoms. The van der Waals surface area contributed by atoms with Crippen LogP contribution in [0.25, 0.3) is 0 Å². The second-order valence-electron chi connectivity index (χ2n) is 6.23. The SMILES string of the molecule is CCn1cc(S(=O)(=O)NCC(C)C(C)(C)C)cc1CO. The molecule has 1 aromatic heterocycles. The van der Waals surface area contributed by atoms with Gasteiger partial charge in [-0.25, -0.2) is 13.1 Å². The summed E-state index contributed by atoms with van der Waals surface area (Å²) in [7, 11) is -3.52. The summed E-state index contributed by atoms with van der Waals surface area (Å²) in [5.74, 6) is 0.225. The molecule has 5 nitrogen and oxygen atoms in total. The molecule has 0 fully saturated rings. The fraction of sp³-hybridized carbons (Fsp3) is 0.714. The van der Waals surface area contributed by atoms with Crippen LogP contribution in [0, 0.1) is 11.3 Å². The van der Waals surface area contributed by atoms with Gasteiger partial charge in [0.15, 0.2) is 0 Å². The molecule has 1 unspecified atom stereocenters. The van der Waals surface area contributed by atoms with E-state index in [9.17, 15) is 13.5 Å². The Kier molecular flexibility index (Phi) is 5.40. The number of aromatic nitrogens is 1. The smallest absolute Gasteiger partial charge is 0.242 e. The topological polar surface area (TPSA) is 71.3 Å². The van der Waals surface area contributed by atoms with E-state index in [1.807, 2.05) is 13.8 Å². The molecule has 0 bridgehead atoms. The summed E-state index contributed by atoms with van der Waals surface area (Å²) in [5, 5.41) is 9.22. The van der Waals surface area contributed by atoms with Gasteiger partial charge in [0.25, 0.3) is 0 Å². The molecule has 20 heavy (non-hydrogen) atoms. The summed E-state index contributed by atoms with van der Waals surface area (Å²) >= 11 is 0. The molecule has 0 saturated heterocycles. The molecule has 0 amide bonds. The summed E-state index contributed by atoms with van der Waals surface area (Å²) in [6, 6.07) is 1.52. The summed E-state index contributed by atoms with van der Waals surface area (Å²) in [6.07, 6.45) is 1.57. The Morgan fingerprint density at radius 1 is 1.40 bits per heavy atom. The van der Waals surface area contributed by atoms with Crippen molar-refractivity contribution in [3.05, 3.63) is 18.0 Å². The third kappa shape index (κ3) is 4.07. The summed E-state index contributed by atoms with van der Waals surface area (Å²) in [6.45, 7) is 11.1. The van der Waals surface area contributed by atoms with Gasteiger partial charge >= 0.3 is 0 Å². The standard InChI is InChI=1S/C14H26N2O3S/c1-6-16-9-13(7-12(16)10-17)20(18,19)15-8-11(2)14(3,4)5/h7,9,11,15,17H,6,8,10H2,1-5H3. The van der Waals surface area contributed by atoms with Crippen LogP contribution in [0.2, 0.25) is 0 Å². The normalized spacial score (nSPS) is 14.5. The lowest BCUT2D eigenvalue weighted by molar-refractivity contribution is 0.263. The molecule has 0 aliphatic carbocycles.